The summed E-state index contributed by atoms with van der Waals surface area (Å²) < 4.78 is 9.81. The Hall–Kier alpha value is -3.77. The SMILES string of the molecule is CC1(CO)CCCC1.CC1CCCC1.CC1CCOCC1.CCc1cc(C)cc2c1Cc1c-2[nH]c(=O)c2ccccc12.[C-]#[N+]c1cc(C)cc(C(=O)OC)c1CBr. The molecule has 2 N–H and O–H groups in total. The molecule has 2 saturated carbocycles. The smallest absolute Gasteiger partial charge is 0.336 e. The molecule has 0 atom stereocenters. The Balaban J connectivity index is 0.000000173. The zero-order valence-electron chi connectivity index (χ0n) is 35.5. The molecule has 0 amide bonds. The Labute approximate surface area is 349 Å². The number of rotatable bonds is 4. The van der Waals surface area contributed by atoms with Crippen LogP contribution in [0.25, 0.3) is 26.9 Å². The minimum atomic E-state index is -0.405. The first kappa shape index (κ1) is 45.9. The van der Waals surface area contributed by atoms with E-state index in [9.17, 15) is 9.59 Å². The fraction of sp³-hybridized carbons (Fsp3) is 0.531. The average Bonchev–Trinajstić information content (AvgIpc) is 3.99. The maximum absolute atomic E-state index is 12.3. The molecule has 3 aromatic carbocycles. The first-order valence-electron chi connectivity index (χ1n) is 21.0. The standard InChI is InChI=1S/C19H17NO.C11H10BrNO2.C7H14O.C6H12O.C6H12/c1-3-12-8-11(2)9-16-15(12)10-17-13-6-4-5-7-14(13)19(21)20-18(16)17;1-7-4-8(11(14)15-3)9(6-12)10(5-7)13-2;1-7(6-8)4-2-3-5-7;1-6-2-4-7-5-3-6;1-6-4-2-3-5-6/h4-9H,3,10H2,1-2H3,(H,20,21);4-5H,6H2,1,3H3;8H,2-6H2,1H3;6H,2-5H2,1H3;6H,2-5H2,1H3. The maximum Gasteiger partial charge on any atom is 0.336 e. The summed E-state index contributed by atoms with van der Waals surface area (Å²) in [7, 11) is 1.33. The quantitative estimate of drug-likeness (QED) is 0.107. The van der Waals surface area contributed by atoms with E-state index in [4.69, 9.17) is 16.4 Å². The second-order valence-electron chi connectivity index (χ2n) is 16.7. The second-order valence-corrected chi connectivity index (χ2v) is 17.3. The van der Waals surface area contributed by atoms with Crippen molar-refractivity contribution >= 4 is 38.4 Å². The number of aliphatic hydroxyl groups is 1. The third kappa shape index (κ3) is 12.6. The van der Waals surface area contributed by atoms with E-state index < -0.39 is 5.97 Å². The highest BCUT2D eigenvalue weighted by atomic mass is 79.9. The van der Waals surface area contributed by atoms with Crippen molar-refractivity contribution in [1.29, 1.82) is 0 Å². The molecule has 4 aliphatic rings. The van der Waals surface area contributed by atoms with Gasteiger partial charge in [0.1, 0.15) is 0 Å². The molecule has 2 heterocycles. The van der Waals surface area contributed by atoms with Crippen LogP contribution in [0.3, 0.4) is 0 Å². The van der Waals surface area contributed by atoms with Gasteiger partial charge in [-0.15, -0.1) is 0 Å². The highest BCUT2D eigenvalue weighted by Gasteiger charge is 2.27. The van der Waals surface area contributed by atoms with Gasteiger partial charge in [-0.1, -0.05) is 124 Å². The van der Waals surface area contributed by atoms with Crippen molar-refractivity contribution in [2.75, 3.05) is 26.9 Å². The van der Waals surface area contributed by atoms with Gasteiger partial charge in [0.05, 0.1) is 24.9 Å². The van der Waals surface area contributed by atoms with Crippen LogP contribution in [-0.4, -0.2) is 43.0 Å². The monoisotopic (exact) mass is 840 g/mol. The number of methoxy groups -OCH3 is 1. The zero-order chi connectivity index (χ0) is 41.5. The number of aliphatic hydroxyl groups excluding tert-OH is 1. The zero-order valence-corrected chi connectivity index (χ0v) is 37.1. The molecule has 308 valence electrons. The van der Waals surface area contributed by atoms with Crippen molar-refractivity contribution in [3.8, 4) is 11.3 Å². The van der Waals surface area contributed by atoms with Crippen LogP contribution >= 0.6 is 15.9 Å². The third-order valence-corrected chi connectivity index (χ3v) is 12.5. The van der Waals surface area contributed by atoms with Gasteiger partial charge in [-0.25, -0.2) is 9.64 Å². The number of aromatic nitrogens is 1. The van der Waals surface area contributed by atoms with Gasteiger partial charge >= 0.3 is 5.97 Å². The van der Waals surface area contributed by atoms with E-state index in [1.54, 1.807) is 12.1 Å². The first-order valence-corrected chi connectivity index (χ1v) is 22.1. The molecule has 3 fully saturated rings. The maximum atomic E-state index is 12.3. The molecule has 4 aromatic rings. The van der Waals surface area contributed by atoms with Gasteiger partial charge in [-0.2, -0.15) is 0 Å². The molecular formula is C49H65BrN2O5. The van der Waals surface area contributed by atoms with Gasteiger partial charge < -0.3 is 19.6 Å². The second kappa shape index (κ2) is 22.4. The van der Waals surface area contributed by atoms with E-state index in [1.807, 2.05) is 25.1 Å². The molecular weight excluding hydrogens is 776 g/mol. The number of carbonyl (C=O) groups is 1. The number of hydrogen-bond acceptors (Lipinski definition) is 5. The van der Waals surface area contributed by atoms with Gasteiger partial charge in [0.15, 0.2) is 5.69 Å². The lowest BCUT2D eigenvalue weighted by Gasteiger charge is -2.18. The number of aryl methyl sites for hydroxylation is 3. The summed E-state index contributed by atoms with van der Waals surface area (Å²) >= 11 is 3.27. The minimum absolute atomic E-state index is 0.0109. The van der Waals surface area contributed by atoms with Gasteiger partial charge in [0.25, 0.3) is 5.56 Å². The predicted molar refractivity (Wildman–Crippen MR) is 239 cm³/mol. The minimum Gasteiger partial charge on any atom is -0.465 e. The number of aromatic amines is 1. The molecule has 7 nitrogen and oxygen atoms in total. The van der Waals surface area contributed by atoms with E-state index in [-0.39, 0.29) is 5.56 Å². The number of halogens is 1. The fourth-order valence-corrected chi connectivity index (χ4v) is 8.81. The molecule has 0 unspecified atom stereocenters. The van der Waals surface area contributed by atoms with Crippen LogP contribution in [0.1, 0.15) is 136 Å². The number of carbonyl (C=O) groups excluding carboxylic acids is 1. The number of hydrogen-bond donors (Lipinski definition) is 2. The van der Waals surface area contributed by atoms with Crippen molar-refractivity contribution in [3.63, 3.8) is 0 Å². The number of alkyl halides is 1. The summed E-state index contributed by atoms with van der Waals surface area (Å²) in [5.74, 6) is 1.55. The lowest BCUT2D eigenvalue weighted by molar-refractivity contribution is 0.0599. The highest BCUT2D eigenvalue weighted by Crippen LogP contribution is 2.40. The number of esters is 1. The van der Waals surface area contributed by atoms with Crippen molar-refractivity contribution in [2.45, 2.75) is 124 Å². The van der Waals surface area contributed by atoms with E-state index in [0.29, 0.717) is 34.2 Å². The summed E-state index contributed by atoms with van der Waals surface area (Å²) in [5.41, 5.74) is 10.3. The van der Waals surface area contributed by atoms with Gasteiger partial charge in [0.2, 0.25) is 0 Å². The Kier molecular flexibility index (Phi) is 18.0. The molecule has 0 radical (unpaired) electrons. The molecule has 1 aromatic heterocycles. The Bertz CT molecular complexity index is 2030. The molecule has 0 spiro atoms. The van der Waals surface area contributed by atoms with Crippen molar-refractivity contribution in [1.82, 2.24) is 4.98 Å². The van der Waals surface area contributed by atoms with Crippen molar-refractivity contribution in [2.24, 2.45) is 17.3 Å². The molecule has 1 saturated heterocycles. The van der Waals surface area contributed by atoms with Crippen LogP contribution in [0, 0.1) is 37.7 Å². The van der Waals surface area contributed by atoms with E-state index in [1.165, 1.54) is 99.1 Å². The van der Waals surface area contributed by atoms with Crippen LogP contribution in [0.2, 0.25) is 0 Å². The van der Waals surface area contributed by atoms with E-state index >= 15 is 0 Å². The van der Waals surface area contributed by atoms with Crippen LogP contribution in [0.15, 0.2) is 53.3 Å². The van der Waals surface area contributed by atoms with Crippen molar-refractivity contribution in [3.05, 3.63) is 109 Å². The highest BCUT2D eigenvalue weighted by molar-refractivity contribution is 9.08. The normalized spacial score (nSPS) is 16.6. The number of benzene rings is 3. The largest absolute Gasteiger partial charge is 0.465 e. The van der Waals surface area contributed by atoms with Crippen molar-refractivity contribution < 1.29 is 19.4 Å². The summed E-state index contributed by atoms with van der Waals surface area (Å²) in [6.07, 6.45) is 15.5. The van der Waals surface area contributed by atoms with Gasteiger partial charge in [0, 0.05) is 42.5 Å². The number of H-pyrrole nitrogens is 1. The Morgan fingerprint density at radius 2 is 1.56 bits per heavy atom. The Morgan fingerprint density at radius 1 is 0.947 bits per heavy atom. The van der Waals surface area contributed by atoms with E-state index in [2.05, 4.69) is 83.3 Å². The molecule has 8 heteroatoms. The number of nitrogens with zero attached hydrogens (tertiary/aromatic N) is 1. The predicted octanol–water partition coefficient (Wildman–Crippen LogP) is 12.4. The molecule has 0 bridgehead atoms. The first-order chi connectivity index (χ1) is 27.4. The van der Waals surface area contributed by atoms with Crippen LogP contribution < -0.4 is 5.56 Å². The number of fused-ring (bicyclic) bond motifs is 5. The molecule has 3 aliphatic carbocycles. The van der Waals surface area contributed by atoms with E-state index in [0.717, 1.165) is 59.9 Å². The van der Waals surface area contributed by atoms with Gasteiger partial charge in [-0.3, -0.25) is 4.79 Å². The summed E-state index contributed by atoms with van der Waals surface area (Å²) in [5, 5.41) is 11.2. The molecule has 8 rings (SSSR count). The number of ether oxygens (including phenoxy) is 2. The number of pyridine rings is 1. The average molecular weight is 842 g/mol. The Morgan fingerprint density at radius 3 is 2.05 bits per heavy atom. The van der Waals surface area contributed by atoms with Gasteiger partial charge in [-0.05, 0) is 109 Å². The topological polar surface area (TPSA) is 93.0 Å². The summed E-state index contributed by atoms with van der Waals surface area (Å²) in [4.78, 5) is 30.3. The molecule has 57 heavy (non-hydrogen) atoms. The lowest BCUT2D eigenvalue weighted by atomic mass is 9.90. The summed E-state index contributed by atoms with van der Waals surface area (Å²) in [6, 6.07) is 15.9. The summed E-state index contributed by atoms with van der Waals surface area (Å²) in [6.45, 7) is 22.3. The molecule has 1 aliphatic heterocycles. The number of nitrogens with one attached hydrogen (secondary N) is 1. The van der Waals surface area contributed by atoms with Crippen LogP contribution in [0.4, 0.5) is 5.69 Å². The van der Waals surface area contributed by atoms with Crippen LogP contribution in [0.5, 0.6) is 0 Å². The van der Waals surface area contributed by atoms with Crippen LogP contribution in [-0.2, 0) is 27.6 Å². The fourth-order valence-electron chi connectivity index (χ4n) is 8.23. The lowest BCUT2D eigenvalue weighted by Crippen LogP contribution is -2.15. The third-order valence-electron chi connectivity index (χ3n) is 11.9.